The van der Waals surface area contributed by atoms with Crippen molar-refractivity contribution in [1.29, 1.82) is 5.26 Å². The summed E-state index contributed by atoms with van der Waals surface area (Å²) in [5.41, 5.74) is 5.74. The number of thiocarbonyl (C=S) groups is 1. The van der Waals surface area contributed by atoms with E-state index in [9.17, 15) is 19.6 Å². The molecule has 0 spiro atoms. The third-order valence-corrected chi connectivity index (χ3v) is 18.4. The Hall–Kier alpha value is -10.1. The molecule has 90 heavy (non-hydrogen) atoms. The maximum absolute atomic E-state index is 15.2. The monoisotopic (exact) mass is 1260 g/mol. The van der Waals surface area contributed by atoms with Crippen molar-refractivity contribution >= 4 is 92.5 Å². The third kappa shape index (κ3) is 12.9. The molecular weight excluding hydrogens is 1210 g/mol. The number of fused-ring (bicyclic) bond motifs is 2. The van der Waals surface area contributed by atoms with E-state index in [-0.39, 0.29) is 58.1 Å². The highest BCUT2D eigenvalue weighted by Crippen LogP contribution is 2.44. The molecule has 0 unspecified atom stereocenters. The SMILES string of the molecule is Cc1cc(SCC2=C(C(=O)OC(c3ccccc3)c3ccccc3)N3C(=O)[C@@H](NC(=O)C(=NOC(=S)CCC#N)c4csc(NC(c5ccccc5)(c5ccccc5)c5ccccc5)n4)[C@H]3SC2)n2nc(C(=O)OC(c3ccccc3)c3ccccc3)nc2n1. The molecule has 0 saturated carbocycles. The van der Waals surface area contributed by atoms with Gasteiger partial charge in [-0.25, -0.2) is 19.6 Å². The van der Waals surface area contributed by atoms with Gasteiger partial charge in [0.2, 0.25) is 0 Å². The molecule has 2 atom stereocenters. The molecule has 10 aromatic rings. The number of hydrogen-bond donors (Lipinski definition) is 2. The minimum Gasteiger partial charge on any atom is -0.448 e. The number of nitriles is 1. The number of aromatic nitrogens is 5. The molecule has 1 saturated heterocycles. The van der Waals surface area contributed by atoms with Crippen molar-refractivity contribution in [1.82, 2.24) is 34.8 Å². The lowest BCUT2D eigenvalue weighted by Crippen LogP contribution is -2.71. The second-order valence-corrected chi connectivity index (χ2v) is 24.2. The van der Waals surface area contributed by atoms with Gasteiger partial charge in [0.25, 0.3) is 23.4 Å². The van der Waals surface area contributed by atoms with E-state index >= 15 is 4.79 Å². The van der Waals surface area contributed by atoms with Crippen molar-refractivity contribution < 1.29 is 33.5 Å². The Kier molecular flexibility index (Phi) is 18.4. The number of oxime groups is 1. The quantitative estimate of drug-likeness (QED) is 0.00943. The number of rotatable bonds is 22. The van der Waals surface area contributed by atoms with E-state index < -0.39 is 52.9 Å². The minimum absolute atomic E-state index is 0.0189. The van der Waals surface area contributed by atoms with Crippen molar-refractivity contribution in [2.75, 3.05) is 16.8 Å². The topological polar surface area (TPSA) is 215 Å². The van der Waals surface area contributed by atoms with Crippen LogP contribution in [-0.2, 0) is 34.2 Å². The Balaban J connectivity index is 0.849. The number of esters is 2. The van der Waals surface area contributed by atoms with Crippen LogP contribution in [0.15, 0.2) is 245 Å². The highest BCUT2D eigenvalue weighted by Gasteiger charge is 2.55. The van der Waals surface area contributed by atoms with Gasteiger partial charge in [-0.05, 0) is 69.7 Å². The molecule has 2 aliphatic heterocycles. The zero-order valence-electron chi connectivity index (χ0n) is 48.1. The standard InChI is InChI=1S/C69H54N10O7S4/c1-44-40-54(79-67(71-44)74-61(76-79)66(83)85-60(47-28-13-4-14-29-47)48-30-15-5-16-31-48)88-41-49-42-89-64-57(63(81)78(64)58(49)65(82)84-59(45-24-9-2-10-25-45)46-26-11-3-12-27-46)73-62(80)56(77-86-55(87)38-23-39-70)53-43-90-68(72-53)75-69(50-32-17-6-18-33-50,51-34-19-7-20-35-51)52-36-21-8-22-37-52/h2-22,24-37,40,43,57,59-60,64H,23,38,41-42H2,1H3,(H,72,75)(H,73,80)/t57-,64-/m1/s1. The van der Waals surface area contributed by atoms with Gasteiger partial charge >= 0.3 is 11.9 Å². The molecular formula is C69H54N10O7S4. The summed E-state index contributed by atoms with van der Waals surface area (Å²) in [6, 6.07) is 70.0. The van der Waals surface area contributed by atoms with Crippen molar-refractivity contribution in [2.45, 2.75) is 54.0 Å². The fourth-order valence-electron chi connectivity index (χ4n) is 10.7. The van der Waals surface area contributed by atoms with Gasteiger partial charge in [-0.15, -0.1) is 40.0 Å². The highest BCUT2D eigenvalue weighted by atomic mass is 32.2. The zero-order valence-corrected chi connectivity index (χ0v) is 51.3. The van der Waals surface area contributed by atoms with E-state index in [0.717, 1.165) is 27.8 Å². The van der Waals surface area contributed by atoms with Gasteiger partial charge in [-0.1, -0.05) is 217 Å². The number of benzene rings is 7. The number of hydrogen-bond acceptors (Lipinski definition) is 18. The van der Waals surface area contributed by atoms with Crippen molar-refractivity contribution in [2.24, 2.45) is 5.16 Å². The van der Waals surface area contributed by atoms with E-state index in [4.69, 9.17) is 31.5 Å². The molecule has 446 valence electrons. The van der Waals surface area contributed by atoms with Gasteiger partial charge in [0.1, 0.15) is 33.4 Å². The molecule has 12 rings (SSSR count). The number of anilines is 1. The Bertz CT molecular complexity index is 4170. The van der Waals surface area contributed by atoms with E-state index in [0.29, 0.717) is 32.6 Å². The number of nitrogens with zero attached hydrogens (tertiary/aromatic N) is 8. The summed E-state index contributed by atoms with van der Waals surface area (Å²) >= 11 is 9.32. The number of thioether (sulfide) groups is 2. The van der Waals surface area contributed by atoms with Crippen LogP contribution in [0.2, 0.25) is 0 Å². The summed E-state index contributed by atoms with van der Waals surface area (Å²) < 4.78 is 14.1. The summed E-state index contributed by atoms with van der Waals surface area (Å²) in [4.78, 5) is 80.2. The average Bonchev–Trinajstić information content (AvgIpc) is 0.901. The van der Waals surface area contributed by atoms with Gasteiger partial charge < -0.3 is 24.9 Å². The van der Waals surface area contributed by atoms with Crippen LogP contribution in [0.1, 0.15) is 86.0 Å². The number of carbonyl (C=O) groups excluding carboxylic acids is 4. The number of β-lactam (4-membered cyclic amide) rings is 1. The number of aryl methyl sites for hydroxylation is 1. The second kappa shape index (κ2) is 27.5. The van der Waals surface area contributed by atoms with Gasteiger partial charge in [-0.2, -0.15) is 14.8 Å². The third-order valence-electron chi connectivity index (χ3n) is 14.9. The molecule has 0 aliphatic carbocycles. The lowest BCUT2D eigenvalue weighted by Gasteiger charge is -2.49. The first-order valence-electron chi connectivity index (χ1n) is 28.6. The summed E-state index contributed by atoms with van der Waals surface area (Å²) in [6.07, 6.45) is -1.49. The smallest absolute Gasteiger partial charge is 0.379 e. The molecule has 5 heterocycles. The summed E-state index contributed by atoms with van der Waals surface area (Å²) in [6.45, 7) is 1.80. The number of nitrogens with one attached hydrogen (secondary N) is 2. The predicted molar refractivity (Wildman–Crippen MR) is 349 cm³/mol. The molecule has 21 heteroatoms. The summed E-state index contributed by atoms with van der Waals surface area (Å²) in [7, 11) is 0. The van der Waals surface area contributed by atoms with Crippen LogP contribution in [0.4, 0.5) is 5.13 Å². The van der Waals surface area contributed by atoms with Gasteiger partial charge in [0, 0.05) is 35.4 Å². The normalized spacial score (nSPS) is 14.8. The van der Waals surface area contributed by atoms with E-state index in [2.05, 4.69) is 30.9 Å². The van der Waals surface area contributed by atoms with Crippen molar-refractivity contribution in [3.8, 4) is 6.07 Å². The molecule has 7 aromatic carbocycles. The molecule has 0 radical (unpaired) electrons. The zero-order chi connectivity index (χ0) is 62.0. The van der Waals surface area contributed by atoms with Gasteiger partial charge in [0.05, 0.1) is 6.07 Å². The maximum Gasteiger partial charge on any atom is 0.379 e. The van der Waals surface area contributed by atoms with Crippen LogP contribution < -0.4 is 10.6 Å². The first-order valence-corrected chi connectivity index (χ1v) is 31.9. The van der Waals surface area contributed by atoms with E-state index in [1.54, 1.807) is 18.4 Å². The Morgan fingerprint density at radius 1 is 0.722 bits per heavy atom. The molecule has 1 fully saturated rings. The summed E-state index contributed by atoms with van der Waals surface area (Å²) in [5, 5.41) is 26.6. The van der Waals surface area contributed by atoms with Crippen molar-refractivity contribution in [3.05, 3.63) is 291 Å². The van der Waals surface area contributed by atoms with Crippen molar-refractivity contribution in [3.63, 3.8) is 0 Å². The Morgan fingerprint density at radius 3 is 1.73 bits per heavy atom. The number of carbonyl (C=O) groups is 4. The fraction of sp³-hybridized carbons (Fsp3) is 0.145. The van der Waals surface area contributed by atoms with Crippen LogP contribution in [0, 0.1) is 18.3 Å². The molecule has 3 aromatic heterocycles. The van der Waals surface area contributed by atoms with Crippen LogP contribution in [0.5, 0.6) is 0 Å². The van der Waals surface area contributed by atoms with Crippen LogP contribution in [0.3, 0.4) is 0 Å². The molecule has 2 amide bonds. The summed E-state index contributed by atoms with van der Waals surface area (Å²) in [5.74, 6) is -2.59. The van der Waals surface area contributed by atoms with Gasteiger partial charge in [0.15, 0.2) is 28.1 Å². The Morgan fingerprint density at radius 2 is 1.22 bits per heavy atom. The van der Waals surface area contributed by atoms with Gasteiger partial charge in [-0.3, -0.25) is 14.5 Å². The number of ether oxygens (including phenoxy) is 2. The lowest BCUT2D eigenvalue weighted by atomic mass is 9.77. The van der Waals surface area contributed by atoms with E-state index in [1.165, 1.54) is 44.3 Å². The lowest BCUT2D eigenvalue weighted by molar-refractivity contribution is -0.154. The molecule has 2 aliphatic rings. The number of amides is 2. The average molecular weight is 1260 g/mol. The molecule has 17 nitrogen and oxygen atoms in total. The van der Waals surface area contributed by atoms with E-state index in [1.807, 2.05) is 218 Å². The maximum atomic E-state index is 15.2. The molecule has 2 N–H and O–H groups in total. The first-order chi connectivity index (χ1) is 44.1. The first kappa shape index (κ1) is 60.2. The van der Waals surface area contributed by atoms with Crippen LogP contribution >= 0.6 is 47.1 Å². The number of thiazole rings is 1. The minimum atomic E-state index is -1.16. The highest BCUT2D eigenvalue weighted by molar-refractivity contribution is 8.01. The van der Waals surface area contributed by atoms with Crippen LogP contribution in [0.25, 0.3) is 5.78 Å². The molecule has 0 bridgehead atoms. The van der Waals surface area contributed by atoms with Crippen LogP contribution in [-0.4, -0.2) is 86.9 Å². The largest absolute Gasteiger partial charge is 0.448 e. The Labute approximate surface area is 535 Å². The predicted octanol–water partition coefficient (Wildman–Crippen LogP) is 12.4. The fourth-order valence-corrected chi connectivity index (χ4v) is 14.1. The second-order valence-electron chi connectivity index (χ2n) is 20.8.